The molecule has 2 aromatic heterocycles. The molecule has 1 aromatic carbocycles. The number of piperazine rings is 1. The van der Waals surface area contributed by atoms with Gasteiger partial charge in [0.1, 0.15) is 11.8 Å². The number of anilines is 1. The Bertz CT molecular complexity index is 919. The normalized spacial score (nSPS) is 14.5. The molecule has 0 spiro atoms. The third-order valence-electron chi connectivity index (χ3n) is 4.24. The van der Waals surface area contributed by atoms with E-state index in [9.17, 15) is 4.79 Å². The summed E-state index contributed by atoms with van der Waals surface area (Å²) < 4.78 is 1.18. The topological polar surface area (TPSA) is 73.1 Å². The number of fused-ring (bicyclic) bond motifs is 1. The molecule has 0 N–H and O–H groups in total. The fourth-order valence-corrected chi connectivity index (χ4v) is 3.88. The van der Waals surface area contributed by atoms with Crippen molar-refractivity contribution in [3.8, 4) is 6.07 Å². The van der Waals surface area contributed by atoms with Crippen molar-refractivity contribution in [3.05, 3.63) is 53.9 Å². The highest BCUT2D eigenvalue weighted by Crippen LogP contribution is 2.29. The summed E-state index contributed by atoms with van der Waals surface area (Å²) >= 11 is 1.68. The van der Waals surface area contributed by atoms with Crippen LogP contribution in [0.3, 0.4) is 0 Å². The van der Waals surface area contributed by atoms with E-state index in [-0.39, 0.29) is 5.91 Å². The number of carbonyl (C=O) groups is 1. The first-order valence-corrected chi connectivity index (χ1v) is 8.82. The number of rotatable bonds is 2. The molecule has 4 rings (SSSR count). The average Bonchev–Trinajstić information content (AvgIpc) is 3.12. The molecule has 7 heteroatoms. The van der Waals surface area contributed by atoms with E-state index >= 15 is 0 Å². The summed E-state index contributed by atoms with van der Waals surface area (Å²) in [6, 6.07) is 13.3. The van der Waals surface area contributed by atoms with Crippen molar-refractivity contribution < 1.29 is 4.79 Å². The van der Waals surface area contributed by atoms with Crippen molar-refractivity contribution in [2.75, 3.05) is 31.1 Å². The van der Waals surface area contributed by atoms with Crippen LogP contribution >= 0.6 is 11.3 Å². The van der Waals surface area contributed by atoms with Gasteiger partial charge in [-0.2, -0.15) is 5.26 Å². The number of nitrogens with zero attached hydrogens (tertiary/aromatic N) is 5. The molecular weight excluding hydrogens is 334 g/mol. The number of pyridine rings is 1. The molecule has 1 aliphatic rings. The molecule has 1 saturated heterocycles. The summed E-state index contributed by atoms with van der Waals surface area (Å²) in [7, 11) is 0. The first-order valence-electron chi connectivity index (χ1n) is 8.00. The number of aromatic nitrogens is 2. The zero-order valence-electron chi connectivity index (χ0n) is 13.4. The van der Waals surface area contributed by atoms with Crippen LogP contribution in [0.25, 0.3) is 10.2 Å². The quantitative estimate of drug-likeness (QED) is 0.711. The zero-order chi connectivity index (χ0) is 17.2. The zero-order valence-corrected chi connectivity index (χ0v) is 14.2. The number of amides is 1. The Hall–Kier alpha value is -2.98. The lowest BCUT2D eigenvalue weighted by atomic mass is 10.2. The molecule has 3 aromatic rings. The molecule has 124 valence electrons. The van der Waals surface area contributed by atoms with Crippen LogP contribution < -0.4 is 4.90 Å². The van der Waals surface area contributed by atoms with Crippen LogP contribution in [0.5, 0.6) is 0 Å². The highest BCUT2D eigenvalue weighted by atomic mass is 32.1. The minimum Gasteiger partial charge on any atom is -0.345 e. The largest absolute Gasteiger partial charge is 0.345 e. The van der Waals surface area contributed by atoms with E-state index in [2.05, 4.69) is 20.9 Å². The molecule has 1 amide bonds. The summed E-state index contributed by atoms with van der Waals surface area (Å²) in [5, 5.41) is 9.80. The van der Waals surface area contributed by atoms with Gasteiger partial charge in [-0.3, -0.25) is 4.79 Å². The fraction of sp³-hybridized carbons (Fsp3) is 0.222. The summed E-state index contributed by atoms with van der Waals surface area (Å²) in [6.45, 7) is 2.81. The Morgan fingerprint density at radius 3 is 2.60 bits per heavy atom. The number of nitriles is 1. The van der Waals surface area contributed by atoms with Crippen molar-refractivity contribution in [1.29, 1.82) is 5.26 Å². The van der Waals surface area contributed by atoms with Gasteiger partial charge in [0.25, 0.3) is 5.91 Å². The van der Waals surface area contributed by atoms with Crippen molar-refractivity contribution in [2.24, 2.45) is 0 Å². The van der Waals surface area contributed by atoms with Crippen LogP contribution in [-0.4, -0.2) is 47.0 Å². The van der Waals surface area contributed by atoms with E-state index in [1.54, 1.807) is 23.5 Å². The summed E-state index contributed by atoms with van der Waals surface area (Å²) in [4.78, 5) is 25.3. The predicted molar refractivity (Wildman–Crippen MR) is 96.7 cm³/mol. The highest BCUT2D eigenvalue weighted by Gasteiger charge is 2.24. The lowest BCUT2D eigenvalue weighted by Gasteiger charge is -2.34. The van der Waals surface area contributed by atoms with E-state index in [1.165, 1.54) is 10.9 Å². The number of benzene rings is 1. The third-order valence-corrected chi connectivity index (χ3v) is 5.34. The van der Waals surface area contributed by atoms with Gasteiger partial charge in [0.15, 0.2) is 5.13 Å². The molecule has 1 aliphatic heterocycles. The fourth-order valence-electron chi connectivity index (χ4n) is 2.87. The molecular formula is C18H15N5OS. The maximum Gasteiger partial charge on any atom is 0.255 e. The standard InChI is InChI=1S/C18H15N5OS/c19-11-14-6-5-13(12-20-14)17(24)22-7-9-23(10-8-22)18-21-15-3-1-2-4-16(15)25-18/h1-6,12H,7-10H2. The molecule has 25 heavy (non-hydrogen) atoms. The van der Waals surface area contributed by atoms with Gasteiger partial charge in [0, 0.05) is 32.4 Å². The summed E-state index contributed by atoms with van der Waals surface area (Å²) in [5.74, 6) is -0.0408. The molecule has 0 saturated carbocycles. The van der Waals surface area contributed by atoms with Gasteiger partial charge >= 0.3 is 0 Å². The van der Waals surface area contributed by atoms with Gasteiger partial charge in [-0.05, 0) is 24.3 Å². The Morgan fingerprint density at radius 2 is 1.92 bits per heavy atom. The van der Waals surface area contributed by atoms with E-state index in [0.717, 1.165) is 23.7 Å². The first kappa shape index (κ1) is 15.5. The van der Waals surface area contributed by atoms with Crippen molar-refractivity contribution in [1.82, 2.24) is 14.9 Å². The predicted octanol–water partition coefficient (Wildman–Crippen LogP) is 2.53. The minimum atomic E-state index is -0.0408. The average molecular weight is 349 g/mol. The third kappa shape index (κ3) is 3.04. The number of carbonyl (C=O) groups excluding carboxylic acids is 1. The lowest BCUT2D eigenvalue weighted by molar-refractivity contribution is 0.0746. The van der Waals surface area contributed by atoms with Crippen molar-refractivity contribution in [2.45, 2.75) is 0 Å². The molecule has 1 fully saturated rings. The minimum absolute atomic E-state index is 0.0408. The monoisotopic (exact) mass is 349 g/mol. The smallest absolute Gasteiger partial charge is 0.255 e. The number of para-hydroxylation sites is 1. The van der Waals surface area contributed by atoms with Gasteiger partial charge < -0.3 is 9.80 Å². The van der Waals surface area contributed by atoms with E-state index < -0.39 is 0 Å². The molecule has 0 aliphatic carbocycles. The van der Waals surface area contributed by atoms with Crippen molar-refractivity contribution in [3.63, 3.8) is 0 Å². The van der Waals surface area contributed by atoms with Crippen LogP contribution in [0.1, 0.15) is 16.1 Å². The SMILES string of the molecule is N#Cc1ccc(C(=O)N2CCN(c3nc4ccccc4s3)CC2)cn1. The van der Waals surface area contributed by atoms with E-state index in [4.69, 9.17) is 5.26 Å². The van der Waals surface area contributed by atoms with Crippen molar-refractivity contribution >= 4 is 32.6 Å². The van der Waals surface area contributed by atoms with Gasteiger partial charge in [-0.1, -0.05) is 23.5 Å². The Balaban J connectivity index is 1.43. The van der Waals surface area contributed by atoms with Gasteiger partial charge in [-0.25, -0.2) is 9.97 Å². The molecule has 3 heterocycles. The molecule has 0 unspecified atom stereocenters. The van der Waals surface area contributed by atoms with Gasteiger partial charge in [-0.15, -0.1) is 0 Å². The van der Waals surface area contributed by atoms with E-state index in [0.29, 0.717) is 24.3 Å². The molecule has 0 bridgehead atoms. The Labute approximate surface area is 149 Å². The maximum absolute atomic E-state index is 12.6. The number of hydrogen-bond acceptors (Lipinski definition) is 6. The second kappa shape index (κ2) is 6.49. The van der Waals surface area contributed by atoms with Gasteiger partial charge in [0.05, 0.1) is 15.8 Å². The number of thiazole rings is 1. The highest BCUT2D eigenvalue weighted by molar-refractivity contribution is 7.22. The van der Waals surface area contributed by atoms with Crippen LogP contribution in [0.4, 0.5) is 5.13 Å². The molecule has 0 atom stereocenters. The second-order valence-corrected chi connectivity index (χ2v) is 6.80. The van der Waals surface area contributed by atoms with Crippen LogP contribution in [-0.2, 0) is 0 Å². The lowest BCUT2D eigenvalue weighted by Crippen LogP contribution is -2.48. The van der Waals surface area contributed by atoms with E-state index in [1.807, 2.05) is 29.2 Å². The van der Waals surface area contributed by atoms with Crippen LogP contribution in [0.15, 0.2) is 42.6 Å². The molecule has 6 nitrogen and oxygen atoms in total. The summed E-state index contributed by atoms with van der Waals surface area (Å²) in [6.07, 6.45) is 1.47. The molecule has 0 radical (unpaired) electrons. The van der Waals surface area contributed by atoms with Crippen LogP contribution in [0, 0.1) is 11.3 Å². The maximum atomic E-state index is 12.6. The Morgan fingerprint density at radius 1 is 1.12 bits per heavy atom. The Kier molecular flexibility index (Phi) is 4.04. The van der Waals surface area contributed by atoms with Gasteiger partial charge in [0.2, 0.25) is 0 Å². The second-order valence-electron chi connectivity index (χ2n) is 5.79. The first-order chi connectivity index (χ1) is 12.2. The van der Waals surface area contributed by atoms with Crippen LogP contribution in [0.2, 0.25) is 0 Å². The summed E-state index contributed by atoms with van der Waals surface area (Å²) in [5.41, 5.74) is 1.86. The number of hydrogen-bond donors (Lipinski definition) is 0.